The van der Waals surface area contributed by atoms with Crippen LogP contribution in [0.5, 0.6) is 0 Å². The third-order valence-corrected chi connectivity index (χ3v) is 4.18. The van der Waals surface area contributed by atoms with Crippen LogP contribution in [0.3, 0.4) is 0 Å². The van der Waals surface area contributed by atoms with Crippen molar-refractivity contribution in [1.82, 2.24) is 0 Å². The number of ether oxygens (including phenoxy) is 1. The highest BCUT2D eigenvalue weighted by Crippen LogP contribution is 2.24. The predicted molar refractivity (Wildman–Crippen MR) is 60.7 cm³/mol. The van der Waals surface area contributed by atoms with Gasteiger partial charge in [-0.05, 0) is 33.6 Å². The van der Waals surface area contributed by atoms with Gasteiger partial charge in [-0.2, -0.15) is 0 Å². The van der Waals surface area contributed by atoms with Crippen molar-refractivity contribution in [3.63, 3.8) is 0 Å². The molecule has 0 amide bonds. The fourth-order valence-electron chi connectivity index (χ4n) is 1.49. The molecular formula is C10H19NO4S. The van der Waals surface area contributed by atoms with Crippen LogP contribution >= 0.6 is 0 Å². The molecule has 0 aromatic rings. The first-order valence-corrected chi connectivity index (χ1v) is 7.09. The van der Waals surface area contributed by atoms with Crippen molar-refractivity contribution in [2.24, 2.45) is 5.73 Å². The van der Waals surface area contributed by atoms with Gasteiger partial charge >= 0.3 is 5.97 Å². The van der Waals surface area contributed by atoms with Crippen LogP contribution in [-0.2, 0) is 19.4 Å². The average molecular weight is 249 g/mol. The van der Waals surface area contributed by atoms with E-state index in [9.17, 15) is 13.2 Å². The lowest BCUT2D eigenvalue weighted by Crippen LogP contribution is -2.55. The topological polar surface area (TPSA) is 86.5 Å². The maximum atomic E-state index is 11.8. The third kappa shape index (κ3) is 3.45. The van der Waals surface area contributed by atoms with E-state index >= 15 is 0 Å². The van der Waals surface area contributed by atoms with E-state index in [2.05, 4.69) is 0 Å². The predicted octanol–water partition coefficient (Wildman–Crippen LogP) is 0.234. The molecule has 0 aromatic heterocycles. The summed E-state index contributed by atoms with van der Waals surface area (Å²) < 4.78 is 27.7. The molecule has 0 radical (unpaired) electrons. The quantitative estimate of drug-likeness (QED) is 0.672. The molecule has 1 aliphatic rings. The molecule has 5 nitrogen and oxygen atoms in total. The van der Waals surface area contributed by atoms with E-state index in [1.165, 1.54) is 0 Å². The number of rotatable bonds is 1. The smallest absolute Gasteiger partial charge is 0.326 e. The van der Waals surface area contributed by atoms with Gasteiger partial charge in [0.15, 0.2) is 0 Å². The van der Waals surface area contributed by atoms with E-state index in [0.29, 0.717) is 0 Å². The van der Waals surface area contributed by atoms with E-state index in [4.69, 9.17) is 10.5 Å². The molecular weight excluding hydrogens is 230 g/mol. The first kappa shape index (κ1) is 13.4. The Morgan fingerprint density at radius 2 is 1.69 bits per heavy atom. The second-order valence-corrected chi connectivity index (χ2v) is 7.61. The lowest BCUT2D eigenvalue weighted by atomic mass is 9.93. The molecule has 0 unspecified atom stereocenters. The molecule has 0 aromatic carbocycles. The summed E-state index contributed by atoms with van der Waals surface area (Å²) in [5.74, 6) is -0.583. The van der Waals surface area contributed by atoms with Gasteiger partial charge < -0.3 is 10.5 Å². The summed E-state index contributed by atoms with van der Waals surface area (Å²) in [5.41, 5.74) is 4.15. The van der Waals surface area contributed by atoms with Crippen LogP contribution in [0.25, 0.3) is 0 Å². The Kier molecular flexibility index (Phi) is 3.36. The number of hydrogen-bond donors (Lipinski definition) is 1. The molecule has 1 saturated heterocycles. The SMILES string of the molecule is CC(C)(C)OC(=O)C1(N)CCS(=O)(=O)CC1. The van der Waals surface area contributed by atoms with Crippen LogP contribution < -0.4 is 5.73 Å². The van der Waals surface area contributed by atoms with Crippen molar-refractivity contribution < 1.29 is 17.9 Å². The van der Waals surface area contributed by atoms with Gasteiger partial charge in [0.05, 0.1) is 11.5 Å². The molecule has 0 saturated carbocycles. The molecule has 94 valence electrons. The Morgan fingerprint density at radius 1 is 1.25 bits per heavy atom. The van der Waals surface area contributed by atoms with Gasteiger partial charge in [0.25, 0.3) is 0 Å². The normalized spacial score (nSPS) is 23.8. The van der Waals surface area contributed by atoms with Crippen molar-refractivity contribution in [3.05, 3.63) is 0 Å². The standard InChI is InChI=1S/C10H19NO4S/c1-9(2,3)15-8(12)10(11)4-6-16(13,14)7-5-10/h4-7,11H2,1-3H3. The minimum Gasteiger partial charge on any atom is -0.459 e. The Morgan fingerprint density at radius 3 is 2.06 bits per heavy atom. The fraction of sp³-hybridized carbons (Fsp3) is 0.900. The van der Waals surface area contributed by atoms with Gasteiger partial charge in [0.1, 0.15) is 21.0 Å². The molecule has 1 aliphatic heterocycles. The number of esters is 1. The summed E-state index contributed by atoms with van der Waals surface area (Å²) in [7, 11) is -3.02. The Bertz CT molecular complexity index is 366. The summed E-state index contributed by atoms with van der Waals surface area (Å²) in [6.07, 6.45) is 0.286. The van der Waals surface area contributed by atoms with Crippen LogP contribution in [0.1, 0.15) is 33.6 Å². The van der Waals surface area contributed by atoms with Crippen LogP contribution in [0.4, 0.5) is 0 Å². The maximum Gasteiger partial charge on any atom is 0.326 e. The summed E-state index contributed by atoms with van der Waals surface area (Å²) in [4.78, 5) is 11.8. The third-order valence-electron chi connectivity index (χ3n) is 2.52. The minimum absolute atomic E-state index is 0.0389. The number of hydrogen-bond acceptors (Lipinski definition) is 5. The fourth-order valence-corrected chi connectivity index (χ4v) is 3.04. The summed E-state index contributed by atoms with van der Waals surface area (Å²) in [6.45, 7) is 5.27. The highest BCUT2D eigenvalue weighted by molar-refractivity contribution is 7.91. The first-order chi connectivity index (χ1) is 7.04. The zero-order valence-corrected chi connectivity index (χ0v) is 10.8. The van der Waals surface area contributed by atoms with Gasteiger partial charge in [-0.15, -0.1) is 0 Å². The molecule has 2 N–H and O–H groups in total. The van der Waals surface area contributed by atoms with E-state index in [-0.39, 0.29) is 24.3 Å². The zero-order valence-electron chi connectivity index (χ0n) is 9.95. The van der Waals surface area contributed by atoms with Crippen LogP contribution in [0.15, 0.2) is 0 Å². The summed E-state index contributed by atoms with van der Waals surface area (Å²) in [6, 6.07) is 0. The second kappa shape index (κ2) is 4.00. The second-order valence-electron chi connectivity index (χ2n) is 5.31. The van der Waals surface area contributed by atoms with Gasteiger partial charge in [0, 0.05) is 0 Å². The lowest BCUT2D eigenvalue weighted by molar-refractivity contribution is -0.162. The van der Waals surface area contributed by atoms with Crippen molar-refractivity contribution in [1.29, 1.82) is 0 Å². The van der Waals surface area contributed by atoms with Crippen molar-refractivity contribution in [2.45, 2.75) is 44.8 Å². The van der Waals surface area contributed by atoms with Gasteiger partial charge in [-0.3, -0.25) is 4.79 Å². The highest BCUT2D eigenvalue weighted by Gasteiger charge is 2.42. The highest BCUT2D eigenvalue weighted by atomic mass is 32.2. The molecule has 0 atom stereocenters. The van der Waals surface area contributed by atoms with E-state index in [0.717, 1.165) is 0 Å². The number of sulfone groups is 1. The molecule has 0 spiro atoms. The molecule has 16 heavy (non-hydrogen) atoms. The molecule has 6 heteroatoms. The lowest BCUT2D eigenvalue weighted by Gasteiger charge is -2.33. The summed E-state index contributed by atoms with van der Waals surface area (Å²) >= 11 is 0. The Hall–Kier alpha value is -0.620. The van der Waals surface area contributed by atoms with Gasteiger partial charge in [0.2, 0.25) is 0 Å². The molecule has 0 aliphatic carbocycles. The number of nitrogens with two attached hydrogens (primary N) is 1. The van der Waals surface area contributed by atoms with E-state index < -0.39 is 26.9 Å². The van der Waals surface area contributed by atoms with Crippen LogP contribution in [0, 0.1) is 0 Å². The molecule has 1 rings (SSSR count). The zero-order chi connectivity index (χ0) is 12.6. The number of carbonyl (C=O) groups excluding carboxylic acids is 1. The van der Waals surface area contributed by atoms with Crippen LogP contribution in [0.2, 0.25) is 0 Å². The Balaban J connectivity index is 2.70. The van der Waals surface area contributed by atoms with Crippen molar-refractivity contribution >= 4 is 15.8 Å². The largest absolute Gasteiger partial charge is 0.459 e. The maximum absolute atomic E-state index is 11.8. The first-order valence-electron chi connectivity index (χ1n) is 5.27. The summed E-state index contributed by atoms with van der Waals surface area (Å²) in [5, 5.41) is 0. The van der Waals surface area contributed by atoms with Crippen LogP contribution in [-0.4, -0.2) is 37.0 Å². The van der Waals surface area contributed by atoms with Gasteiger partial charge in [-0.25, -0.2) is 8.42 Å². The van der Waals surface area contributed by atoms with Crippen molar-refractivity contribution in [2.75, 3.05) is 11.5 Å². The van der Waals surface area contributed by atoms with Gasteiger partial charge in [-0.1, -0.05) is 0 Å². The van der Waals surface area contributed by atoms with Crippen molar-refractivity contribution in [3.8, 4) is 0 Å². The number of carbonyl (C=O) groups is 1. The average Bonchev–Trinajstić information content (AvgIpc) is 2.08. The van der Waals surface area contributed by atoms with E-state index in [1.54, 1.807) is 20.8 Å². The molecule has 1 heterocycles. The monoisotopic (exact) mass is 249 g/mol. The Labute approximate surface area is 96.3 Å². The molecule has 0 bridgehead atoms. The molecule has 1 fully saturated rings. The van der Waals surface area contributed by atoms with E-state index in [1.807, 2.05) is 0 Å². The minimum atomic E-state index is -3.02.